The normalized spacial score (nSPS) is 11.7. The molecule has 228 valence electrons. The van der Waals surface area contributed by atoms with Gasteiger partial charge in [0.25, 0.3) is 0 Å². The highest BCUT2D eigenvalue weighted by molar-refractivity contribution is 7.26. The molecule has 0 aliphatic carbocycles. The Morgan fingerprint density at radius 3 is 1.57 bits per heavy atom. The van der Waals surface area contributed by atoms with Gasteiger partial charge in [0.1, 0.15) is 0 Å². The summed E-state index contributed by atoms with van der Waals surface area (Å²) < 4.78 is 2.66. The summed E-state index contributed by atoms with van der Waals surface area (Å²) in [7, 11) is 0. The molecule has 0 aliphatic heterocycles. The lowest BCUT2D eigenvalue weighted by molar-refractivity contribution is 1.23. The zero-order chi connectivity index (χ0) is 32.3. The van der Waals surface area contributed by atoms with Gasteiger partial charge in [0, 0.05) is 42.7 Å². The van der Waals surface area contributed by atoms with Gasteiger partial charge in [-0.05, 0) is 73.8 Å². The molecule has 0 amide bonds. The van der Waals surface area contributed by atoms with Crippen molar-refractivity contribution in [2.24, 2.45) is 0 Å². The molecule has 8 aromatic carbocycles. The molecule has 2 aromatic heterocycles. The predicted molar refractivity (Wildman–Crippen MR) is 209 cm³/mol. The largest absolute Gasteiger partial charge is 0.236 e. The van der Waals surface area contributed by atoms with Crippen LogP contribution in [0.15, 0.2) is 170 Å². The molecular formula is C46H28N2S. The van der Waals surface area contributed by atoms with Gasteiger partial charge in [-0.25, -0.2) is 9.97 Å². The van der Waals surface area contributed by atoms with E-state index in [0.29, 0.717) is 0 Å². The summed E-state index contributed by atoms with van der Waals surface area (Å²) in [5.74, 6) is 0.731. The van der Waals surface area contributed by atoms with Crippen molar-refractivity contribution in [1.82, 2.24) is 9.97 Å². The van der Waals surface area contributed by atoms with Crippen LogP contribution in [0.25, 0.3) is 97.4 Å². The third kappa shape index (κ3) is 4.62. The number of thiophene rings is 1. The fourth-order valence-corrected chi connectivity index (χ4v) is 8.60. The number of hydrogen-bond acceptors (Lipinski definition) is 3. The number of benzene rings is 8. The molecule has 0 saturated heterocycles. The Hall–Kier alpha value is -6.16. The van der Waals surface area contributed by atoms with E-state index in [2.05, 4.69) is 164 Å². The van der Waals surface area contributed by atoms with E-state index in [1.54, 1.807) is 0 Å². The first kappa shape index (κ1) is 27.9. The van der Waals surface area contributed by atoms with Gasteiger partial charge in [-0.3, -0.25) is 0 Å². The molecule has 0 radical (unpaired) electrons. The third-order valence-electron chi connectivity index (χ3n) is 9.71. The molecule has 0 unspecified atom stereocenters. The summed E-state index contributed by atoms with van der Waals surface area (Å²) >= 11 is 1.87. The van der Waals surface area contributed by atoms with Gasteiger partial charge in [-0.2, -0.15) is 0 Å². The molecule has 0 bridgehead atoms. The van der Waals surface area contributed by atoms with E-state index in [-0.39, 0.29) is 0 Å². The lowest BCUT2D eigenvalue weighted by atomic mass is 9.95. The summed E-state index contributed by atoms with van der Waals surface area (Å²) in [6.07, 6.45) is 1.99. The van der Waals surface area contributed by atoms with E-state index in [9.17, 15) is 0 Å². The van der Waals surface area contributed by atoms with E-state index in [1.165, 1.54) is 58.6 Å². The Bertz CT molecular complexity index is 2870. The molecule has 2 nitrogen and oxygen atoms in total. The zero-order valence-electron chi connectivity index (χ0n) is 26.5. The van der Waals surface area contributed by atoms with Crippen molar-refractivity contribution >= 4 is 64.0 Å². The number of nitrogens with zero attached hydrogens (tertiary/aromatic N) is 2. The average Bonchev–Trinajstić information content (AvgIpc) is 3.57. The summed E-state index contributed by atoms with van der Waals surface area (Å²) in [5, 5.41) is 8.49. The Morgan fingerprint density at radius 1 is 0.367 bits per heavy atom. The van der Waals surface area contributed by atoms with Crippen molar-refractivity contribution in [3.8, 4) is 44.8 Å². The molecule has 0 fully saturated rings. The highest BCUT2D eigenvalue weighted by Crippen LogP contribution is 2.41. The molecule has 0 spiro atoms. The van der Waals surface area contributed by atoms with Crippen molar-refractivity contribution < 1.29 is 0 Å². The van der Waals surface area contributed by atoms with Gasteiger partial charge in [-0.1, -0.05) is 140 Å². The molecule has 3 heteroatoms. The first-order valence-electron chi connectivity index (χ1n) is 16.6. The summed E-state index contributed by atoms with van der Waals surface area (Å²) in [5.41, 5.74) is 9.18. The van der Waals surface area contributed by atoms with Crippen LogP contribution in [0, 0.1) is 0 Å². The topological polar surface area (TPSA) is 25.8 Å². The number of rotatable bonds is 4. The van der Waals surface area contributed by atoms with Crippen molar-refractivity contribution in [2.75, 3.05) is 0 Å². The molecule has 0 atom stereocenters. The first-order chi connectivity index (χ1) is 24.3. The molecule has 10 aromatic rings. The molecule has 0 aliphatic rings. The van der Waals surface area contributed by atoms with E-state index in [4.69, 9.17) is 9.97 Å². The second-order valence-corrected chi connectivity index (χ2v) is 13.6. The quantitative estimate of drug-likeness (QED) is 0.179. The van der Waals surface area contributed by atoms with E-state index in [1.807, 2.05) is 17.5 Å². The highest BCUT2D eigenvalue weighted by atomic mass is 32.1. The van der Waals surface area contributed by atoms with Crippen LogP contribution < -0.4 is 0 Å². The van der Waals surface area contributed by atoms with Gasteiger partial charge in [-0.15, -0.1) is 11.3 Å². The Labute approximate surface area is 287 Å². The van der Waals surface area contributed by atoms with Gasteiger partial charge in [0.05, 0.1) is 5.52 Å². The molecule has 10 rings (SSSR count). The minimum atomic E-state index is 0.731. The van der Waals surface area contributed by atoms with Gasteiger partial charge in [0.2, 0.25) is 0 Å². The van der Waals surface area contributed by atoms with Crippen LogP contribution in [0.3, 0.4) is 0 Å². The van der Waals surface area contributed by atoms with Crippen molar-refractivity contribution in [1.29, 1.82) is 0 Å². The van der Waals surface area contributed by atoms with Crippen molar-refractivity contribution in [3.63, 3.8) is 0 Å². The fraction of sp³-hybridized carbons (Fsp3) is 0. The van der Waals surface area contributed by atoms with Gasteiger partial charge < -0.3 is 0 Å². The van der Waals surface area contributed by atoms with Crippen molar-refractivity contribution in [2.45, 2.75) is 0 Å². The van der Waals surface area contributed by atoms with Crippen molar-refractivity contribution in [3.05, 3.63) is 170 Å². The van der Waals surface area contributed by atoms with E-state index < -0.39 is 0 Å². The predicted octanol–water partition coefficient (Wildman–Crippen LogP) is 13.0. The van der Waals surface area contributed by atoms with E-state index >= 15 is 0 Å². The van der Waals surface area contributed by atoms with Gasteiger partial charge >= 0.3 is 0 Å². The minimum Gasteiger partial charge on any atom is -0.236 e. The van der Waals surface area contributed by atoms with Crippen LogP contribution in [0.1, 0.15) is 0 Å². The number of aromatic nitrogens is 2. The van der Waals surface area contributed by atoms with Crippen LogP contribution in [0.4, 0.5) is 0 Å². The second-order valence-electron chi connectivity index (χ2n) is 12.6. The second kappa shape index (κ2) is 11.2. The van der Waals surface area contributed by atoms with Crippen LogP contribution in [0.2, 0.25) is 0 Å². The van der Waals surface area contributed by atoms with Crippen LogP contribution in [-0.2, 0) is 0 Å². The molecule has 2 heterocycles. The number of hydrogen-bond donors (Lipinski definition) is 0. The molecule has 49 heavy (non-hydrogen) atoms. The molecule has 0 saturated carbocycles. The summed E-state index contributed by atoms with van der Waals surface area (Å²) in [6.45, 7) is 0. The minimum absolute atomic E-state index is 0.731. The maximum absolute atomic E-state index is 5.19. The Kier molecular flexibility index (Phi) is 6.39. The third-order valence-corrected chi connectivity index (χ3v) is 10.9. The van der Waals surface area contributed by atoms with Crippen LogP contribution in [0.5, 0.6) is 0 Å². The first-order valence-corrected chi connectivity index (χ1v) is 17.4. The van der Waals surface area contributed by atoms with Crippen LogP contribution in [-0.4, -0.2) is 9.97 Å². The molecular weight excluding hydrogens is 613 g/mol. The number of fused-ring (bicyclic) bond motifs is 9. The Balaban J connectivity index is 1.04. The van der Waals surface area contributed by atoms with Crippen LogP contribution >= 0.6 is 11.3 Å². The monoisotopic (exact) mass is 640 g/mol. The maximum Gasteiger partial charge on any atom is 0.159 e. The zero-order valence-corrected chi connectivity index (χ0v) is 27.3. The summed E-state index contributed by atoms with van der Waals surface area (Å²) in [6, 6.07) is 58.8. The highest BCUT2D eigenvalue weighted by Gasteiger charge is 2.14. The maximum atomic E-state index is 5.19. The SMILES string of the molecule is c1cc(-c2cccc(-c3ncc4c5ccccc5c5ccccc5c4n3)c2)cc(-c2cccc(-c3cccc4c3sc3ccccc34)c2)c1. The fourth-order valence-electron chi connectivity index (χ4n) is 7.36. The average molecular weight is 641 g/mol. The van der Waals surface area contributed by atoms with Gasteiger partial charge in [0.15, 0.2) is 5.82 Å². The summed E-state index contributed by atoms with van der Waals surface area (Å²) in [4.78, 5) is 10.1. The lowest BCUT2D eigenvalue weighted by Crippen LogP contribution is -1.93. The molecule has 0 N–H and O–H groups in total. The smallest absolute Gasteiger partial charge is 0.159 e. The lowest BCUT2D eigenvalue weighted by Gasteiger charge is -2.11. The van der Waals surface area contributed by atoms with E-state index in [0.717, 1.165) is 38.8 Å². The Morgan fingerprint density at radius 2 is 0.857 bits per heavy atom. The standard InChI is InChI=1S/C46H28N2S/c1-2-19-38-36(17-1)37-18-3-4-21-40(37)44-42(38)28-47-46(48-44)34-16-9-14-32(27-34)30-12-7-11-29(25-30)31-13-8-15-33(26-31)35-22-10-23-41-39-20-5-6-24-43(39)49-45(35)41/h1-28H.